The Kier molecular flexibility index (Phi) is 14.8. The number of carbonyl (C=O) groups is 2. The van der Waals surface area contributed by atoms with Crippen LogP contribution in [0.1, 0.15) is 24.9 Å². The van der Waals surface area contributed by atoms with E-state index in [4.69, 9.17) is 66.1 Å². The van der Waals surface area contributed by atoms with Crippen LogP contribution >= 0.6 is 46.4 Å². The predicted octanol–water partition coefficient (Wildman–Crippen LogP) is 7.27. The van der Waals surface area contributed by atoms with E-state index >= 15 is 0 Å². The maximum absolute atomic E-state index is 12.8. The molecule has 0 bridgehead atoms. The number of alkyl halides is 2. The lowest BCUT2D eigenvalue weighted by molar-refractivity contribution is -0.144. The van der Waals surface area contributed by atoms with Crippen molar-refractivity contribution in [3.05, 3.63) is 103 Å². The maximum Gasteiger partial charge on any atom is 0.355 e. The van der Waals surface area contributed by atoms with E-state index in [1.165, 1.54) is 19.9 Å². The highest BCUT2D eigenvalue weighted by Gasteiger charge is 2.21. The number of nitrogens with one attached hydrogen (secondary N) is 1. The zero-order valence-electron chi connectivity index (χ0n) is 27.9. The first-order valence-corrected chi connectivity index (χ1v) is 18.1. The number of aliphatic carboxylic acids is 2. The number of benzene rings is 3. The molecule has 0 aliphatic heterocycles. The molecule has 0 fully saturated rings. The molecule has 0 amide bonds. The maximum atomic E-state index is 12.8. The first-order chi connectivity index (χ1) is 24.7. The number of fused-ring (bicyclic) bond motifs is 1. The Morgan fingerprint density at radius 3 is 2.19 bits per heavy atom. The number of ether oxygens (including phenoxy) is 2. The third-order valence-electron chi connectivity index (χ3n) is 6.55. The summed E-state index contributed by atoms with van der Waals surface area (Å²) < 4.78 is 61.6. The van der Waals surface area contributed by atoms with Crippen molar-refractivity contribution in [3.63, 3.8) is 0 Å². The van der Waals surface area contributed by atoms with Crippen LogP contribution in [0, 0.1) is 13.8 Å². The van der Waals surface area contributed by atoms with E-state index in [9.17, 15) is 31.6 Å². The highest BCUT2D eigenvalue weighted by molar-refractivity contribution is 7.92. The summed E-state index contributed by atoms with van der Waals surface area (Å²) in [6.07, 6.45) is 1.65. The first-order valence-electron chi connectivity index (χ1n) is 14.7. The van der Waals surface area contributed by atoms with Crippen molar-refractivity contribution in [1.82, 2.24) is 19.3 Å². The highest BCUT2D eigenvalue weighted by atomic mass is 35.5. The number of pyridine rings is 1. The fourth-order valence-corrected chi connectivity index (χ4v) is 5.77. The van der Waals surface area contributed by atoms with Gasteiger partial charge in [0.1, 0.15) is 22.8 Å². The monoisotopic (exact) mass is 837 g/mol. The lowest BCUT2D eigenvalue weighted by atomic mass is 10.2. The quantitative estimate of drug-likeness (QED) is 0.128. The number of aromatic nitrogens is 4. The standard InChI is InChI=1S/C11H10Cl2F2N4O3S.C11H8ClNO3.C10H11ClO3/c1-5-16-19(11(20)18(5)10(14)15)9-4-8(17-23(2,21)22)6(12)3-7(9)13;12-8-3-4-9(16-6-10(14)15)11-7(8)2-1-5-13-11;1-6-5-8(11)3-4-9(6)14-7(2)10(12)13/h3-4,10,17H,1-2H3;1-5H,6H2,(H,14,15);3-5,7H,1-2H3,(H,12,13). The average molecular weight is 839 g/mol. The van der Waals surface area contributed by atoms with Crippen LogP contribution in [0.5, 0.6) is 11.5 Å². The average Bonchev–Trinajstić information content (AvgIpc) is 3.36. The Morgan fingerprint density at radius 1 is 0.962 bits per heavy atom. The van der Waals surface area contributed by atoms with Crippen molar-refractivity contribution < 1.29 is 46.5 Å². The molecule has 21 heteroatoms. The minimum atomic E-state index is -3.65. The second-order valence-corrected chi connectivity index (χ2v) is 14.1. The molecular formula is C32H29Cl4F2N5O9S. The lowest BCUT2D eigenvalue weighted by Gasteiger charge is -2.12. The molecule has 1 atom stereocenters. The largest absolute Gasteiger partial charge is 0.480 e. The summed E-state index contributed by atoms with van der Waals surface area (Å²) in [4.78, 5) is 37.1. The molecule has 3 aromatic carbocycles. The summed E-state index contributed by atoms with van der Waals surface area (Å²) in [5.41, 5.74) is 0.119. The molecule has 0 saturated carbocycles. The Balaban J connectivity index is 0.000000223. The molecule has 3 N–H and O–H groups in total. The third kappa shape index (κ3) is 11.9. The fourth-order valence-electron chi connectivity index (χ4n) is 4.19. The number of hydrogen-bond acceptors (Lipinski definition) is 9. The summed E-state index contributed by atoms with van der Waals surface area (Å²) in [6.45, 7) is 1.05. The van der Waals surface area contributed by atoms with Crippen LogP contribution in [0.25, 0.3) is 16.6 Å². The molecule has 2 heterocycles. The van der Waals surface area contributed by atoms with E-state index in [0.717, 1.165) is 23.3 Å². The molecule has 53 heavy (non-hydrogen) atoms. The van der Waals surface area contributed by atoms with Crippen LogP contribution in [-0.4, -0.2) is 68.9 Å². The normalized spacial score (nSPS) is 11.5. The van der Waals surface area contributed by atoms with Gasteiger partial charge < -0.3 is 19.7 Å². The Bertz CT molecular complexity index is 2310. The van der Waals surface area contributed by atoms with Crippen molar-refractivity contribution in [2.75, 3.05) is 17.6 Å². The summed E-state index contributed by atoms with van der Waals surface area (Å²) in [5.74, 6) is -1.28. The minimum Gasteiger partial charge on any atom is -0.480 e. The van der Waals surface area contributed by atoms with Crippen LogP contribution in [-0.2, 0) is 19.6 Å². The van der Waals surface area contributed by atoms with Gasteiger partial charge in [0.05, 0.1) is 32.7 Å². The second-order valence-electron chi connectivity index (χ2n) is 10.7. The summed E-state index contributed by atoms with van der Waals surface area (Å²) in [5, 5.41) is 22.7. The van der Waals surface area contributed by atoms with Gasteiger partial charge in [0.2, 0.25) is 10.0 Å². The molecule has 0 aliphatic rings. The number of sulfonamides is 1. The zero-order valence-corrected chi connectivity index (χ0v) is 31.7. The van der Waals surface area contributed by atoms with E-state index < -0.39 is 46.9 Å². The zero-order chi connectivity index (χ0) is 39.8. The van der Waals surface area contributed by atoms with Crippen LogP contribution in [0.15, 0.2) is 65.6 Å². The molecule has 0 radical (unpaired) electrons. The highest BCUT2D eigenvalue weighted by Crippen LogP contribution is 2.32. The number of halogens is 6. The first kappa shape index (κ1) is 42.7. The lowest BCUT2D eigenvalue weighted by Crippen LogP contribution is -2.25. The van der Waals surface area contributed by atoms with Gasteiger partial charge in [-0.15, -0.1) is 5.10 Å². The summed E-state index contributed by atoms with van der Waals surface area (Å²) in [7, 11) is -3.65. The van der Waals surface area contributed by atoms with Crippen molar-refractivity contribution >= 4 is 85.0 Å². The predicted molar refractivity (Wildman–Crippen MR) is 196 cm³/mol. The van der Waals surface area contributed by atoms with Gasteiger partial charge in [-0.3, -0.25) is 9.71 Å². The Labute approximate surface area is 320 Å². The van der Waals surface area contributed by atoms with Crippen LogP contribution in [0.3, 0.4) is 0 Å². The molecule has 14 nitrogen and oxygen atoms in total. The number of aryl methyl sites for hydroxylation is 2. The molecule has 0 aliphatic carbocycles. The summed E-state index contributed by atoms with van der Waals surface area (Å²) >= 11 is 23.6. The molecule has 284 valence electrons. The van der Waals surface area contributed by atoms with Crippen LogP contribution < -0.4 is 19.9 Å². The molecule has 5 aromatic rings. The van der Waals surface area contributed by atoms with Crippen LogP contribution in [0.4, 0.5) is 14.5 Å². The van der Waals surface area contributed by atoms with E-state index in [0.29, 0.717) is 31.7 Å². The number of rotatable bonds is 10. The van der Waals surface area contributed by atoms with Gasteiger partial charge in [0.25, 0.3) is 0 Å². The third-order valence-corrected chi connectivity index (χ3v) is 8.33. The molecule has 2 aromatic heterocycles. The van der Waals surface area contributed by atoms with Gasteiger partial charge in [0.15, 0.2) is 12.7 Å². The van der Waals surface area contributed by atoms with Gasteiger partial charge in [-0.1, -0.05) is 46.4 Å². The smallest absolute Gasteiger partial charge is 0.355 e. The summed E-state index contributed by atoms with van der Waals surface area (Å²) in [6, 6.07) is 14.2. The van der Waals surface area contributed by atoms with E-state index in [-0.39, 0.29) is 31.8 Å². The van der Waals surface area contributed by atoms with Gasteiger partial charge in [0, 0.05) is 16.6 Å². The number of carboxylic acid groups (broad SMARTS) is 2. The number of anilines is 1. The number of hydrogen-bond donors (Lipinski definition) is 3. The van der Waals surface area contributed by atoms with E-state index in [1.54, 1.807) is 48.7 Å². The Morgan fingerprint density at radius 2 is 1.62 bits per heavy atom. The van der Waals surface area contributed by atoms with E-state index in [1.807, 2.05) is 6.92 Å². The Hall–Kier alpha value is -4.68. The molecule has 0 saturated heterocycles. The van der Waals surface area contributed by atoms with Gasteiger partial charge >= 0.3 is 24.2 Å². The SMILES string of the molecule is Cc1cc(Cl)ccc1OC(C)C(=O)O.Cc1nn(-c2cc(NS(C)(=O)=O)c(Cl)cc2Cl)c(=O)n1C(F)F.O=C(O)COc1ccc(Cl)c2cccnc12. The molecular weight excluding hydrogens is 810 g/mol. The van der Waals surface area contributed by atoms with Crippen molar-refractivity contribution in [3.8, 4) is 17.2 Å². The molecule has 0 spiro atoms. The fraction of sp³-hybridized carbons (Fsp3) is 0.219. The second kappa shape index (κ2) is 18.4. The number of carboxylic acids is 2. The number of nitrogens with zero attached hydrogens (tertiary/aromatic N) is 4. The van der Waals surface area contributed by atoms with Crippen molar-refractivity contribution in [2.24, 2.45) is 0 Å². The van der Waals surface area contributed by atoms with Gasteiger partial charge in [-0.25, -0.2) is 27.4 Å². The van der Waals surface area contributed by atoms with Crippen molar-refractivity contribution in [1.29, 1.82) is 0 Å². The van der Waals surface area contributed by atoms with Gasteiger partial charge in [-0.05, 0) is 80.9 Å². The van der Waals surface area contributed by atoms with E-state index in [2.05, 4.69) is 14.8 Å². The molecule has 5 rings (SSSR count). The minimum absolute atomic E-state index is 0.0257. The molecule has 1 unspecified atom stereocenters. The van der Waals surface area contributed by atoms with Gasteiger partial charge in [-0.2, -0.15) is 13.5 Å². The topological polar surface area (TPSA) is 192 Å². The van der Waals surface area contributed by atoms with Crippen molar-refractivity contribution in [2.45, 2.75) is 33.4 Å². The van der Waals surface area contributed by atoms with Crippen LogP contribution in [0.2, 0.25) is 20.1 Å².